The minimum Gasteiger partial charge on any atom is -0.458 e. The molecule has 0 amide bonds. The summed E-state index contributed by atoms with van der Waals surface area (Å²) in [6, 6.07) is 82.3. The van der Waals surface area contributed by atoms with E-state index >= 15 is 0 Å². The number of fused-ring (bicyclic) bond motifs is 17. The third-order valence-corrected chi connectivity index (χ3v) is 20.9. The minimum atomic E-state index is -0.234. The molecule has 0 spiro atoms. The molecular weight excluding hydrogens is 1160 g/mol. The highest BCUT2D eigenvalue weighted by atomic mass is 16.5. The van der Waals surface area contributed by atoms with Gasteiger partial charge in [-0.3, -0.25) is 13.7 Å². The first kappa shape index (κ1) is 56.9. The standard InChI is InChI=1S/C88H72N4O3/c1-85(2,3)55-36-39-89-82(46-55)92-75-27-16-13-24-62(75)63-33-32-59(48-76(63)92)93-58-21-19-20-57(47-58)90-51-91-83-66(53-31-35-81-70(41-53)65-26-15-18-29-79(65)95-81)44-56(86(4,5)6)45-72(83)68-50-74-73(87(7,8)37-38-88(74,9)10)49-67(68)60-22-11-12-23-61(60)71-42-54(43-77(90)84(71)91)52-30-34-80-69(40-52)64-25-14-17-28-78(64)94-80/h11-36,39-50H,37-38H2,1-10H3. The van der Waals surface area contributed by atoms with Crippen LogP contribution in [0.5, 0.6) is 11.5 Å². The van der Waals surface area contributed by atoms with Gasteiger partial charge in [0.15, 0.2) is 0 Å². The third kappa shape index (κ3) is 8.99. The fraction of sp³-hybridized carbons (Fsp3) is 0.182. The van der Waals surface area contributed by atoms with Gasteiger partial charge < -0.3 is 13.6 Å². The van der Waals surface area contributed by atoms with Crippen molar-refractivity contribution in [1.82, 2.24) is 14.1 Å². The quantitative estimate of drug-likeness (QED) is 0.123. The molecule has 2 aliphatic rings. The van der Waals surface area contributed by atoms with E-state index in [-0.39, 0.29) is 21.7 Å². The van der Waals surface area contributed by atoms with Crippen molar-refractivity contribution in [2.45, 2.75) is 104 Å². The topological polar surface area (TPSA) is 62.1 Å². The molecule has 7 heteroatoms. The number of benzene rings is 11. The Labute approximate surface area is 553 Å². The van der Waals surface area contributed by atoms with Crippen molar-refractivity contribution >= 4 is 76.7 Å². The van der Waals surface area contributed by atoms with Crippen LogP contribution in [0.3, 0.4) is 0 Å². The Balaban J connectivity index is 0.929. The molecule has 0 N–H and O–H groups in total. The van der Waals surface area contributed by atoms with Gasteiger partial charge in [0, 0.05) is 44.6 Å². The van der Waals surface area contributed by atoms with E-state index in [0.717, 1.165) is 151 Å². The number of hydrogen-bond donors (Lipinski definition) is 0. The molecule has 0 bridgehead atoms. The van der Waals surface area contributed by atoms with Gasteiger partial charge in [-0.25, -0.2) is 4.98 Å². The van der Waals surface area contributed by atoms with Gasteiger partial charge in [0.05, 0.1) is 33.4 Å². The predicted molar refractivity (Wildman–Crippen MR) is 390 cm³/mol. The summed E-state index contributed by atoms with van der Waals surface area (Å²) in [6.45, 7) is 23.6. The fourth-order valence-electron chi connectivity index (χ4n) is 15.6. The molecule has 1 aliphatic carbocycles. The van der Waals surface area contributed by atoms with Gasteiger partial charge >= 0.3 is 0 Å². The molecule has 0 atom stereocenters. The summed E-state index contributed by atoms with van der Waals surface area (Å²) >= 11 is 0. The molecule has 7 nitrogen and oxygen atoms in total. The second-order valence-electron chi connectivity index (χ2n) is 30.0. The number of furan rings is 2. The second-order valence-corrected chi connectivity index (χ2v) is 30.0. The molecule has 1 aliphatic heterocycles. The van der Waals surface area contributed by atoms with Crippen molar-refractivity contribution in [2.75, 3.05) is 0 Å². The van der Waals surface area contributed by atoms with E-state index in [0.29, 0.717) is 5.75 Å². The molecule has 0 fully saturated rings. The Morgan fingerprint density at radius 2 is 1.00 bits per heavy atom. The van der Waals surface area contributed by atoms with Crippen LogP contribution in [-0.4, -0.2) is 14.1 Å². The number of para-hydroxylation sites is 3. The summed E-state index contributed by atoms with van der Waals surface area (Å²) in [5.41, 5.74) is 25.8. The lowest BCUT2D eigenvalue weighted by molar-refractivity contribution is -0.570. The van der Waals surface area contributed by atoms with E-state index in [9.17, 15) is 0 Å². The molecule has 11 aromatic carbocycles. The van der Waals surface area contributed by atoms with Gasteiger partial charge in [0.25, 0.3) is 6.33 Å². The average molecular weight is 1230 g/mol. The molecular formula is C88H72N4O3. The molecule has 6 heterocycles. The first-order valence-corrected chi connectivity index (χ1v) is 33.4. The Bertz CT molecular complexity index is 5920. The third-order valence-electron chi connectivity index (χ3n) is 20.9. The van der Waals surface area contributed by atoms with Gasteiger partial charge in [0.2, 0.25) is 0 Å². The Morgan fingerprint density at radius 3 is 1.69 bits per heavy atom. The molecule has 0 radical (unpaired) electrons. The summed E-state index contributed by atoms with van der Waals surface area (Å²) < 4.78 is 27.2. The van der Waals surface area contributed by atoms with E-state index in [1.54, 1.807) is 0 Å². The van der Waals surface area contributed by atoms with Crippen molar-refractivity contribution in [3.05, 3.63) is 259 Å². The Hall–Kier alpha value is -10.8. The molecule has 0 saturated heterocycles. The summed E-state index contributed by atoms with van der Waals surface area (Å²) in [5.74, 6) is 2.28. The van der Waals surface area contributed by atoms with Gasteiger partial charge in [-0.15, -0.1) is 0 Å². The van der Waals surface area contributed by atoms with Crippen LogP contribution in [0.15, 0.2) is 239 Å². The zero-order valence-corrected chi connectivity index (χ0v) is 55.4. The highest BCUT2D eigenvalue weighted by Crippen LogP contribution is 2.54. The number of rotatable bonds is 6. The smallest absolute Gasteiger partial charge is 0.269 e. The van der Waals surface area contributed by atoms with E-state index in [2.05, 4.69) is 308 Å². The molecule has 0 saturated carbocycles. The maximum absolute atomic E-state index is 7.13. The van der Waals surface area contributed by atoms with Crippen LogP contribution < -0.4 is 9.30 Å². The summed E-state index contributed by atoms with van der Waals surface area (Å²) in [5, 5.41) is 6.63. The lowest BCUT2D eigenvalue weighted by atomic mass is 9.62. The van der Waals surface area contributed by atoms with Gasteiger partial charge in [-0.05, 0) is 209 Å². The fourth-order valence-corrected chi connectivity index (χ4v) is 15.6. The van der Waals surface area contributed by atoms with E-state index in [1.807, 2.05) is 12.3 Å². The van der Waals surface area contributed by atoms with Crippen LogP contribution in [0.1, 0.15) is 104 Å². The average Bonchev–Trinajstić information content (AvgIpc) is 1.67. The molecule has 16 aromatic rings. The molecule has 0 unspecified atom stereocenters. The molecule has 18 rings (SSSR count). The first-order valence-electron chi connectivity index (χ1n) is 33.4. The zero-order chi connectivity index (χ0) is 64.6. The van der Waals surface area contributed by atoms with Gasteiger partial charge in [0.1, 0.15) is 39.6 Å². The number of hydrogen-bond acceptors (Lipinski definition) is 4. The van der Waals surface area contributed by atoms with Crippen LogP contribution in [0.4, 0.5) is 0 Å². The number of nitrogens with zero attached hydrogens (tertiary/aromatic N) is 4. The van der Waals surface area contributed by atoms with E-state index in [1.165, 1.54) is 38.9 Å². The Kier molecular flexibility index (Phi) is 12.2. The Morgan fingerprint density at radius 1 is 0.421 bits per heavy atom. The van der Waals surface area contributed by atoms with Crippen LogP contribution in [0.25, 0.3) is 150 Å². The van der Waals surface area contributed by atoms with Crippen LogP contribution in [-0.2, 0) is 21.7 Å². The zero-order valence-electron chi connectivity index (χ0n) is 55.4. The monoisotopic (exact) mass is 1230 g/mol. The predicted octanol–water partition coefficient (Wildman–Crippen LogP) is 23.4. The summed E-state index contributed by atoms with van der Waals surface area (Å²) in [7, 11) is 0. The molecule has 462 valence electrons. The lowest BCUT2D eigenvalue weighted by Crippen LogP contribution is -2.34. The largest absolute Gasteiger partial charge is 0.458 e. The second kappa shape index (κ2) is 20.4. The van der Waals surface area contributed by atoms with Crippen molar-refractivity contribution in [1.29, 1.82) is 0 Å². The number of ether oxygens (including phenoxy) is 1. The van der Waals surface area contributed by atoms with Gasteiger partial charge in [-0.2, -0.15) is 0 Å². The number of imidazole rings is 1. The normalized spacial score (nSPS) is 14.3. The number of aromatic nitrogens is 4. The van der Waals surface area contributed by atoms with Crippen molar-refractivity contribution in [3.8, 4) is 84.3 Å². The van der Waals surface area contributed by atoms with Crippen LogP contribution in [0, 0.1) is 6.33 Å². The highest BCUT2D eigenvalue weighted by molar-refractivity contribution is 6.11. The SMILES string of the molecule is CC(C)(C)c1ccnc(-n2c3ccccc3c3ccc(Oc4cccc(-n5[c-][n+]6c7c(cc(-c8ccc9oc%10ccccc%10c9c8)cc75)-c5ccccc5-c5cc7c(cc5-c5cc(C(C)(C)C)cc(-c8ccc9oc%10ccccc%10c9c8)c5-6)C(C)(C)CCC7(C)C)c4)cc32)c1. The molecule has 5 aromatic heterocycles. The lowest BCUT2D eigenvalue weighted by Gasteiger charge is -2.42. The van der Waals surface area contributed by atoms with Crippen LogP contribution >= 0.6 is 0 Å². The van der Waals surface area contributed by atoms with E-state index < -0.39 is 0 Å². The summed E-state index contributed by atoms with van der Waals surface area (Å²) in [4.78, 5) is 4.99. The maximum atomic E-state index is 7.13. The first-order chi connectivity index (χ1) is 45.8. The van der Waals surface area contributed by atoms with Crippen LogP contribution in [0.2, 0.25) is 0 Å². The molecule has 95 heavy (non-hydrogen) atoms. The van der Waals surface area contributed by atoms with Crippen molar-refractivity contribution in [2.24, 2.45) is 0 Å². The van der Waals surface area contributed by atoms with Crippen molar-refractivity contribution < 1.29 is 18.1 Å². The highest BCUT2D eigenvalue weighted by Gasteiger charge is 2.40. The van der Waals surface area contributed by atoms with Gasteiger partial charge in [-0.1, -0.05) is 191 Å². The maximum Gasteiger partial charge on any atom is 0.269 e. The minimum absolute atomic E-state index is 0.0495. The van der Waals surface area contributed by atoms with Crippen molar-refractivity contribution in [3.63, 3.8) is 0 Å². The summed E-state index contributed by atoms with van der Waals surface area (Å²) in [6.07, 6.45) is 8.34. The van der Waals surface area contributed by atoms with E-state index in [4.69, 9.17) is 18.6 Å². The number of pyridine rings is 1.